The Kier molecular flexibility index (Phi) is 5.11. The van der Waals surface area contributed by atoms with Crippen molar-refractivity contribution >= 4 is 54.4 Å². The summed E-state index contributed by atoms with van der Waals surface area (Å²) < 4.78 is 4.82. The molecular formula is C45H27N3. The fraction of sp³-hybridized carbons (Fsp3) is 0. The molecule has 0 bridgehead atoms. The summed E-state index contributed by atoms with van der Waals surface area (Å²) in [6.07, 6.45) is 1.94. The predicted molar refractivity (Wildman–Crippen MR) is 200 cm³/mol. The van der Waals surface area contributed by atoms with E-state index < -0.39 is 0 Å². The highest BCUT2D eigenvalue weighted by Crippen LogP contribution is 2.47. The minimum absolute atomic E-state index is 1.08. The van der Waals surface area contributed by atoms with Crippen LogP contribution in [0.15, 0.2) is 164 Å². The van der Waals surface area contributed by atoms with Crippen LogP contribution in [0.1, 0.15) is 0 Å². The molecule has 0 N–H and O–H groups in total. The van der Waals surface area contributed by atoms with Crippen LogP contribution in [0.3, 0.4) is 0 Å². The molecule has 0 spiro atoms. The number of rotatable bonds is 3. The van der Waals surface area contributed by atoms with Crippen LogP contribution in [0.25, 0.3) is 99.3 Å². The van der Waals surface area contributed by atoms with E-state index in [0.717, 1.165) is 5.69 Å². The molecule has 0 radical (unpaired) electrons. The molecule has 1 aliphatic rings. The van der Waals surface area contributed by atoms with Crippen molar-refractivity contribution in [2.45, 2.75) is 0 Å². The van der Waals surface area contributed by atoms with Gasteiger partial charge in [0.05, 0.1) is 27.8 Å². The molecule has 3 heteroatoms. The van der Waals surface area contributed by atoms with Gasteiger partial charge in [0, 0.05) is 50.1 Å². The van der Waals surface area contributed by atoms with E-state index in [1.165, 1.54) is 93.6 Å². The molecule has 0 fully saturated rings. The first-order chi connectivity index (χ1) is 23.8. The maximum atomic E-state index is 4.79. The zero-order valence-corrected chi connectivity index (χ0v) is 25.9. The molecule has 222 valence electrons. The number of hydrogen-bond acceptors (Lipinski definition) is 1. The Morgan fingerprint density at radius 1 is 0.375 bits per heavy atom. The number of hydrogen-bond donors (Lipinski definition) is 0. The van der Waals surface area contributed by atoms with Crippen LogP contribution in [-0.4, -0.2) is 14.1 Å². The van der Waals surface area contributed by atoms with Gasteiger partial charge in [-0.3, -0.25) is 4.98 Å². The van der Waals surface area contributed by atoms with E-state index in [4.69, 9.17) is 4.98 Å². The molecule has 1 aliphatic carbocycles. The third-order valence-electron chi connectivity index (χ3n) is 10.3. The number of nitrogens with zero attached hydrogens (tertiary/aromatic N) is 3. The molecule has 3 heterocycles. The monoisotopic (exact) mass is 609 g/mol. The van der Waals surface area contributed by atoms with Gasteiger partial charge in [0.2, 0.25) is 0 Å². The summed E-state index contributed by atoms with van der Waals surface area (Å²) in [5.74, 6) is 0. The van der Waals surface area contributed by atoms with Crippen LogP contribution >= 0.6 is 0 Å². The minimum Gasteiger partial charge on any atom is -0.309 e. The topological polar surface area (TPSA) is 22.8 Å². The van der Waals surface area contributed by atoms with Gasteiger partial charge < -0.3 is 9.13 Å². The van der Waals surface area contributed by atoms with Gasteiger partial charge >= 0.3 is 0 Å². The highest BCUT2D eigenvalue weighted by Gasteiger charge is 2.24. The second-order valence-electron chi connectivity index (χ2n) is 12.8. The second-order valence-corrected chi connectivity index (χ2v) is 12.8. The summed E-state index contributed by atoms with van der Waals surface area (Å²) >= 11 is 0. The van der Waals surface area contributed by atoms with E-state index in [-0.39, 0.29) is 0 Å². The van der Waals surface area contributed by atoms with E-state index in [9.17, 15) is 0 Å². The van der Waals surface area contributed by atoms with Crippen LogP contribution < -0.4 is 0 Å². The van der Waals surface area contributed by atoms with E-state index in [1.54, 1.807) is 0 Å². The van der Waals surface area contributed by atoms with Crippen LogP contribution in [-0.2, 0) is 0 Å². The number of pyridine rings is 1. The molecule has 3 aromatic heterocycles. The van der Waals surface area contributed by atoms with Crippen molar-refractivity contribution < 1.29 is 0 Å². The molecule has 0 atom stereocenters. The molecule has 3 nitrogen and oxygen atoms in total. The van der Waals surface area contributed by atoms with Gasteiger partial charge in [-0.1, -0.05) is 97.1 Å². The third kappa shape index (κ3) is 3.45. The van der Waals surface area contributed by atoms with Crippen molar-refractivity contribution in [2.24, 2.45) is 0 Å². The molecule has 0 amide bonds. The van der Waals surface area contributed by atoms with Crippen molar-refractivity contribution in [3.05, 3.63) is 164 Å². The average molecular weight is 610 g/mol. The van der Waals surface area contributed by atoms with Crippen molar-refractivity contribution in [2.75, 3.05) is 0 Å². The van der Waals surface area contributed by atoms with Gasteiger partial charge in [0.25, 0.3) is 0 Å². The molecule has 0 saturated heterocycles. The van der Waals surface area contributed by atoms with Crippen LogP contribution in [0, 0.1) is 0 Å². The van der Waals surface area contributed by atoms with Crippen LogP contribution in [0.4, 0.5) is 0 Å². The summed E-state index contributed by atoms with van der Waals surface area (Å²) in [5, 5.41) is 7.49. The Hall–Kier alpha value is -6.45. The first-order valence-electron chi connectivity index (χ1n) is 16.5. The average Bonchev–Trinajstić information content (AvgIpc) is 3.78. The number of fused-ring (bicyclic) bond motifs is 9. The van der Waals surface area contributed by atoms with Crippen molar-refractivity contribution in [3.8, 4) is 44.9 Å². The lowest BCUT2D eigenvalue weighted by Gasteiger charge is -2.12. The maximum Gasteiger partial charge on any atom is 0.0792 e. The molecule has 11 rings (SSSR count). The molecule has 10 aromatic rings. The van der Waals surface area contributed by atoms with Crippen LogP contribution in [0.5, 0.6) is 0 Å². The van der Waals surface area contributed by atoms with E-state index in [1.807, 2.05) is 6.20 Å². The van der Waals surface area contributed by atoms with Crippen molar-refractivity contribution in [3.63, 3.8) is 0 Å². The summed E-state index contributed by atoms with van der Waals surface area (Å²) in [7, 11) is 0. The lowest BCUT2D eigenvalue weighted by atomic mass is 10.0. The molecule has 7 aromatic carbocycles. The number of aromatic nitrogens is 3. The first-order valence-corrected chi connectivity index (χ1v) is 16.5. The van der Waals surface area contributed by atoms with Gasteiger partial charge in [-0.05, 0) is 88.3 Å². The molecule has 0 aliphatic heterocycles. The zero-order chi connectivity index (χ0) is 31.3. The second kappa shape index (κ2) is 9.54. The Balaban J connectivity index is 1.14. The summed E-state index contributed by atoms with van der Waals surface area (Å²) in [4.78, 5) is 4.79. The number of para-hydroxylation sites is 3. The van der Waals surface area contributed by atoms with Crippen molar-refractivity contribution in [1.29, 1.82) is 0 Å². The maximum absolute atomic E-state index is 4.79. The molecule has 0 unspecified atom stereocenters. The lowest BCUT2D eigenvalue weighted by Crippen LogP contribution is -1.95. The number of benzene rings is 7. The Morgan fingerprint density at radius 3 is 1.83 bits per heavy atom. The Bertz CT molecular complexity index is 2940. The lowest BCUT2D eigenvalue weighted by molar-refractivity contribution is 1.18. The molecule has 0 saturated carbocycles. The predicted octanol–water partition coefficient (Wildman–Crippen LogP) is 11.7. The highest BCUT2D eigenvalue weighted by atomic mass is 15.0. The fourth-order valence-corrected chi connectivity index (χ4v) is 8.21. The van der Waals surface area contributed by atoms with Gasteiger partial charge in [-0.25, -0.2) is 0 Å². The molecular weight excluding hydrogens is 583 g/mol. The van der Waals surface area contributed by atoms with Gasteiger partial charge in [-0.2, -0.15) is 0 Å². The third-order valence-corrected chi connectivity index (χ3v) is 10.3. The van der Waals surface area contributed by atoms with E-state index in [0.29, 0.717) is 0 Å². The fourth-order valence-electron chi connectivity index (χ4n) is 8.21. The van der Waals surface area contributed by atoms with Gasteiger partial charge in [0.1, 0.15) is 0 Å². The Morgan fingerprint density at radius 2 is 1.00 bits per heavy atom. The zero-order valence-electron chi connectivity index (χ0n) is 25.9. The molecule has 48 heavy (non-hydrogen) atoms. The highest BCUT2D eigenvalue weighted by molar-refractivity contribution is 6.16. The standard InChI is InChI=1S/C45H27N3/c1-2-10-31(11-3-1)47-40-16-8-6-13-34(40)36-20-18-29(26-43(36)47)28-19-21-42-38(25-28)35-14-7-9-17-41(35)48(42)32-24-30-22-23-46-45-37-15-5-4-12-33(37)39(27-32)44(30)45/h1-27H. The smallest absolute Gasteiger partial charge is 0.0792 e. The minimum atomic E-state index is 1.08. The van der Waals surface area contributed by atoms with E-state index in [2.05, 4.69) is 167 Å². The Labute approximate surface area is 276 Å². The van der Waals surface area contributed by atoms with Gasteiger partial charge in [-0.15, -0.1) is 0 Å². The SMILES string of the molecule is c1ccc(-n2c3ccccc3c3ccc(-c4ccc5c(c4)c4ccccc4n5-c4cc5c6c(nccc6c4)-c4ccccc4-5)cc32)cc1. The first kappa shape index (κ1) is 25.7. The van der Waals surface area contributed by atoms with Crippen molar-refractivity contribution in [1.82, 2.24) is 14.1 Å². The van der Waals surface area contributed by atoms with Gasteiger partial charge in [0.15, 0.2) is 0 Å². The quantitative estimate of drug-likeness (QED) is 0.195. The summed E-state index contributed by atoms with van der Waals surface area (Å²) in [5.41, 5.74) is 14.4. The summed E-state index contributed by atoms with van der Waals surface area (Å²) in [6, 6.07) is 57.5. The van der Waals surface area contributed by atoms with E-state index >= 15 is 0 Å². The van der Waals surface area contributed by atoms with Crippen LogP contribution in [0.2, 0.25) is 0 Å². The summed E-state index contributed by atoms with van der Waals surface area (Å²) in [6.45, 7) is 0. The normalized spacial score (nSPS) is 12.2. The largest absolute Gasteiger partial charge is 0.309 e.